The maximum atomic E-state index is 12.6. The third kappa shape index (κ3) is 3.51. The van der Waals surface area contributed by atoms with Crippen molar-refractivity contribution in [2.45, 2.75) is 32.1 Å². The molecule has 0 aromatic carbocycles. The number of likely N-dealkylation sites (tertiary alicyclic amines) is 1. The highest BCUT2D eigenvalue weighted by Crippen LogP contribution is 2.52. The summed E-state index contributed by atoms with van der Waals surface area (Å²) in [7, 11) is 1.75. The zero-order valence-electron chi connectivity index (χ0n) is 15.3. The fourth-order valence-corrected chi connectivity index (χ4v) is 5.15. The zero-order chi connectivity index (χ0) is 17.4. The van der Waals surface area contributed by atoms with Crippen LogP contribution >= 0.6 is 24.0 Å². The summed E-state index contributed by atoms with van der Waals surface area (Å²) < 4.78 is 0. The average Bonchev–Trinajstić information content (AvgIpc) is 3.38. The highest BCUT2D eigenvalue weighted by molar-refractivity contribution is 14.0. The number of fused-ring (bicyclic) bond motifs is 5. The first-order valence-corrected chi connectivity index (χ1v) is 9.67. The number of allylic oxidation sites excluding steroid dienone is 2. The van der Waals surface area contributed by atoms with Gasteiger partial charge in [0.25, 0.3) is 0 Å². The van der Waals surface area contributed by atoms with Crippen molar-refractivity contribution >= 4 is 41.8 Å². The number of nitrogens with one attached hydrogen (secondary N) is 2. The molecule has 3 fully saturated rings. The van der Waals surface area contributed by atoms with E-state index in [0.29, 0.717) is 13.1 Å². The van der Waals surface area contributed by atoms with Crippen molar-refractivity contribution in [3.8, 4) is 0 Å². The van der Waals surface area contributed by atoms with Crippen LogP contribution in [0.3, 0.4) is 0 Å². The maximum Gasteiger partial charge on any atom is 0.233 e. The van der Waals surface area contributed by atoms with Gasteiger partial charge in [0.15, 0.2) is 5.96 Å². The van der Waals surface area contributed by atoms with E-state index in [0.717, 1.165) is 24.8 Å². The molecule has 1 saturated heterocycles. The van der Waals surface area contributed by atoms with Gasteiger partial charge in [-0.3, -0.25) is 19.5 Å². The molecule has 0 aromatic heterocycles. The Labute approximate surface area is 172 Å². The molecular weight excluding hydrogens is 443 g/mol. The smallest absolute Gasteiger partial charge is 0.233 e. The van der Waals surface area contributed by atoms with Crippen LogP contribution in [-0.2, 0) is 9.59 Å². The van der Waals surface area contributed by atoms with Crippen molar-refractivity contribution in [1.82, 2.24) is 15.5 Å². The van der Waals surface area contributed by atoms with E-state index < -0.39 is 0 Å². The highest BCUT2D eigenvalue weighted by Gasteiger charge is 2.58. The van der Waals surface area contributed by atoms with Crippen LogP contribution in [0.4, 0.5) is 0 Å². The van der Waals surface area contributed by atoms with Crippen LogP contribution in [0.5, 0.6) is 0 Å². The molecule has 2 bridgehead atoms. The number of aliphatic imine (C=N–C) groups is 1. The normalized spacial score (nSPS) is 33.0. The minimum absolute atomic E-state index is 0. The lowest BCUT2D eigenvalue weighted by Gasteiger charge is -2.19. The Kier molecular flexibility index (Phi) is 6.25. The Morgan fingerprint density at radius 3 is 2.31 bits per heavy atom. The number of imide groups is 1. The highest BCUT2D eigenvalue weighted by atomic mass is 127. The molecule has 4 unspecified atom stereocenters. The second-order valence-corrected chi connectivity index (χ2v) is 7.86. The predicted octanol–water partition coefficient (Wildman–Crippen LogP) is 1.77. The largest absolute Gasteiger partial charge is 0.356 e. The van der Waals surface area contributed by atoms with Crippen molar-refractivity contribution < 1.29 is 9.59 Å². The van der Waals surface area contributed by atoms with Crippen molar-refractivity contribution in [3.63, 3.8) is 0 Å². The molecule has 4 aliphatic rings. The summed E-state index contributed by atoms with van der Waals surface area (Å²) in [6.45, 7) is 1.92. The minimum atomic E-state index is -0.0951. The fourth-order valence-electron chi connectivity index (χ4n) is 5.15. The lowest BCUT2D eigenvalue weighted by atomic mass is 9.85. The molecule has 1 heterocycles. The quantitative estimate of drug-likeness (QED) is 0.210. The lowest BCUT2D eigenvalue weighted by Crippen LogP contribution is -2.44. The van der Waals surface area contributed by atoms with E-state index in [9.17, 15) is 9.59 Å². The van der Waals surface area contributed by atoms with Gasteiger partial charge in [0.1, 0.15) is 0 Å². The number of carbonyl (C=O) groups excluding carboxylic acids is 2. The van der Waals surface area contributed by atoms with Crippen LogP contribution in [0.15, 0.2) is 17.1 Å². The van der Waals surface area contributed by atoms with Crippen LogP contribution in [0.2, 0.25) is 0 Å². The SMILES string of the molecule is CN=C(NCCN1C(=O)C2C3C=CC(C3)C2C1=O)NCC1CCCC1.I. The third-order valence-electron chi connectivity index (χ3n) is 6.45. The second-order valence-electron chi connectivity index (χ2n) is 7.86. The number of hydrogen-bond donors (Lipinski definition) is 2. The summed E-state index contributed by atoms with van der Waals surface area (Å²) in [5, 5.41) is 6.61. The molecule has 26 heavy (non-hydrogen) atoms. The molecule has 7 heteroatoms. The minimum Gasteiger partial charge on any atom is -0.356 e. The summed E-state index contributed by atoms with van der Waals surface area (Å²) in [4.78, 5) is 31.0. The van der Waals surface area contributed by atoms with E-state index in [-0.39, 0.29) is 59.5 Å². The molecule has 0 aromatic rings. The van der Waals surface area contributed by atoms with Crippen LogP contribution < -0.4 is 10.6 Å². The van der Waals surface area contributed by atoms with E-state index in [1.807, 2.05) is 0 Å². The Morgan fingerprint density at radius 2 is 1.73 bits per heavy atom. The van der Waals surface area contributed by atoms with Gasteiger partial charge in [-0.25, -0.2) is 0 Å². The van der Waals surface area contributed by atoms with Gasteiger partial charge in [0.2, 0.25) is 11.8 Å². The summed E-state index contributed by atoms with van der Waals surface area (Å²) in [6, 6.07) is 0. The van der Waals surface area contributed by atoms with Crippen LogP contribution in [0.25, 0.3) is 0 Å². The third-order valence-corrected chi connectivity index (χ3v) is 6.45. The van der Waals surface area contributed by atoms with Gasteiger partial charge < -0.3 is 10.6 Å². The van der Waals surface area contributed by atoms with Gasteiger partial charge >= 0.3 is 0 Å². The molecular formula is C19H29IN4O2. The van der Waals surface area contributed by atoms with Crippen molar-refractivity contribution in [2.24, 2.45) is 34.6 Å². The monoisotopic (exact) mass is 472 g/mol. The number of carbonyl (C=O) groups is 2. The Morgan fingerprint density at radius 1 is 1.12 bits per heavy atom. The summed E-state index contributed by atoms with van der Waals surface area (Å²) in [5.41, 5.74) is 0. The number of rotatable bonds is 5. The average molecular weight is 472 g/mol. The van der Waals surface area contributed by atoms with Crippen LogP contribution in [0, 0.1) is 29.6 Å². The molecule has 3 aliphatic carbocycles. The second kappa shape index (κ2) is 8.27. The molecule has 2 saturated carbocycles. The lowest BCUT2D eigenvalue weighted by molar-refractivity contribution is -0.140. The zero-order valence-corrected chi connectivity index (χ0v) is 17.6. The number of guanidine groups is 1. The van der Waals surface area contributed by atoms with Crippen molar-refractivity contribution in [1.29, 1.82) is 0 Å². The molecule has 0 spiro atoms. The Bertz CT molecular complexity index is 585. The van der Waals surface area contributed by atoms with Crippen molar-refractivity contribution in [3.05, 3.63) is 12.2 Å². The van der Waals surface area contributed by atoms with E-state index >= 15 is 0 Å². The van der Waals surface area contributed by atoms with Crippen LogP contribution in [-0.4, -0.2) is 49.4 Å². The van der Waals surface area contributed by atoms with Gasteiger partial charge in [-0.2, -0.15) is 0 Å². The van der Waals surface area contributed by atoms with Gasteiger partial charge in [0.05, 0.1) is 11.8 Å². The summed E-state index contributed by atoms with van der Waals surface area (Å²) >= 11 is 0. The molecule has 2 amide bonds. The number of hydrogen-bond acceptors (Lipinski definition) is 3. The first-order valence-electron chi connectivity index (χ1n) is 9.67. The van der Waals surface area contributed by atoms with Crippen LogP contribution in [0.1, 0.15) is 32.1 Å². The molecule has 1 aliphatic heterocycles. The Balaban J connectivity index is 0.00000196. The molecule has 4 atom stereocenters. The number of amides is 2. The molecule has 0 radical (unpaired) electrons. The fraction of sp³-hybridized carbons (Fsp3) is 0.737. The summed E-state index contributed by atoms with van der Waals surface area (Å²) in [5.74, 6) is 1.93. The first kappa shape index (κ1) is 19.6. The topological polar surface area (TPSA) is 73.8 Å². The number of nitrogens with zero attached hydrogens (tertiary/aromatic N) is 2. The van der Waals surface area contributed by atoms with E-state index in [1.165, 1.54) is 30.6 Å². The van der Waals surface area contributed by atoms with E-state index in [2.05, 4.69) is 27.8 Å². The van der Waals surface area contributed by atoms with E-state index in [4.69, 9.17) is 0 Å². The molecule has 2 N–H and O–H groups in total. The Hall–Kier alpha value is -1.12. The number of halogens is 1. The molecule has 4 rings (SSSR count). The standard InChI is InChI=1S/C19H28N4O2.HI/c1-20-19(22-11-12-4-2-3-5-12)21-8-9-23-17(24)15-13-6-7-14(10-13)16(15)18(23)25;/h6-7,12-16H,2-5,8-11H2,1H3,(H2,20,21,22);1H. The molecule has 144 valence electrons. The van der Waals surface area contributed by atoms with Gasteiger partial charge in [0, 0.05) is 26.7 Å². The maximum absolute atomic E-state index is 12.6. The predicted molar refractivity (Wildman–Crippen MR) is 111 cm³/mol. The van der Waals surface area contributed by atoms with Gasteiger partial charge in [-0.1, -0.05) is 25.0 Å². The van der Waals surface area contributed by atoms with Gasteiger partial charge in [-0.15, -0.1) is 24.0 Å². The first-order chi connectivity index (χ1) is 12.2. The molecule has 6 nitrogen and oxygen atoms in total. The van der Waals surface area contributed by atoms with E-state index in [1.54, 1.807) is 7.05 Å². The van der Waals surface area contributed by atoms with Crippen molar-refractivity contribution in [2.75, 3.05) is 26.7 Å². The summed E-state index contributed by atoms with van der Waals surface area (Å²) in [6.07, 6.45) is 10.5. The van der Waals surface area contributed by atoms with Gasteiger partial charge in [-0.05, 0) is 37.0 Å².